The summed E-state index contributed by atoms with van der Waals surface area (Å²) in [5, 5.41) is 16.8. The molecule has 6 heteroatoms. The van der Waals surface area contributed by atoms with Crippen molar-refractivity contribution >= 4 is 17.3 Å². The molecular weight excluding hydrogens is 240 g/mol. The van der Waals surface area contributed by atoms with Gasteiger partial charge in [-0.25, -0.2) is 4.79 Å². The standard InChI is InChI=1S/C11H10N2O3S/c1-6-3-4-7(8(5-6)16-2)9-12-13-10(17-9)11(14)15/h3-5H,1-2H3,(H,14,15). The number of aryl methyl sites for hydroxylation is 1. The molecule has 2 rings (SSSR count). The Labute approximate surface area is 102 Å². The summed E-state index contributed by atoms with van der Waals surface area (Å²) in [6.07, 6.45) is 0. The van der Waals surface area contributed by atoms with E-state index in [2.05, 4.69) is 10.2 Å². The number of aromatic nitrogens is 2. The second kappa shape index (κ2) is 4.50. The fraction of sp³-hybridized carbons (Fsp3) is 0.182. The first-order valence-electron chi connectivity index (χ1n) is 4.83. The fourth-order valence-electron chi connectivity index (χ4n) is 1.39. The van der Waals surface area contributed by atoms with Crippen molar-refractivity contribution in [2.45, 2.75) is 6.92 Å². The van der Waals surface area contributed by atoms with E-state index >= 15 is 0 Å². The monoisotopic (exact) mass is 250 g/mol. The second-order valence-electron chi connectivity index (χ2n) is 3.42. The molecule has 0 radical (unpaired) electrons. The molecule has 0 amide bonds. The first-order valence-corrected chi connectivity index (χ1v) is 5.65. The predicted octanol–water partition coefficient (Wildman–Crippen LogP) is 2.22. The van der Waals surface area contributed by atoms with Gasteiger partial charge in [0.05, 0.1) is 12.7 Å². The molecular formula is C11H10N2O3S. The Morgan fingerprint density at radius 2 is 2.18 bits per heavy atom. The molecule has 0 unspecified atom stereocenters. The van der Waals surface area contributed by atoms with Gasteiger partial charge in [0.1, 0.15) is 5.75 Å². The number of benzene rings is 1. The summed E-state index contributed by atoms with van der Waals surface area (Å²) in [7, 11) is 1.57. The van der Waals surface area contributed by atoms with Crippen molar-refractivity contribution in [3.63, 3.8) is 0 Å². The van der Waals surface area contributed by atoms with Crippen LogP contribution in [0, 0.1) is 6.92 Å². The summed E-state index contributed by atoms with van der Waals surface area (Å²) in [5.74, 6) is -0.405. The van der Waals surface area contributed by atoms with Gasteiger partial charge in [0.2, 0.25) is 5.01 Å². The normalized spacial score (nSPS) is 10.2. The van der Waals surface area contributed by atoms with Gasteiger partial charge in [-0.1, -0.05) is 17.4 Å². The van der Waals surface area contributed by atoms with Crippen molar-refractivity contribution in [3.8, 4) is 16.3 Å². The van der Waals surface area contributed by atoms with Crippen molar-refractivity contribution in [2.75, 3.05) is 7.11 Å². The van der Waals surface area contributed by atoms with Crippen LogP contribution in [0.4, 0.5) is 0 Å². The molecule has 1 N–H and O–H groups in total. The SMILES string of the molecule is COc1cc(C)ccc1-c1nnc(C(=O)O)s1. The van der Waals surface area contributed by atoms with Crippen LogP contribution in [0.3, 0.4) is 0 Å². The van der Waals surface area contributed by atoms with E-state index < -0.39 is 5.97 Å². The maximum absolute atomic E-state index is 10.7. The van der Waals surface area contributed by atoms with Gasteiger partial charge in [-0.15, -0.1) is 10.2 Å². The highest BCUT2D eigenvalue weighted by molar-refractivity contribution is 7.16. The molecule has 0 atom stereocenters. The first kappa shape index (κ1) is 11.5. The average molecular weight is 250 g/mol. The zero-order valence-electron chi connectivity index (χ0n) is 9.30. The van der Waals surface area contributed by atoms with Gasteiger partial charge in [-0.05, 0) is 24.6 Å². The number of methoxy groups -OCH3 is 1. The molecule has 0 aliphatic carbocycles. The smallest absolute Gasteiger partial charge is 0.367 e. The highest BCUT2D eigenvalue weighted by Gasteiger charge is 2.15. The maximum atomic E-state index is 10.7. The van der Waals surface area contributed by atoms with Gasteiger partial charge in [0.15, 0.2) is 5.01 Å². The molecule has 1 aromatic carbocycles. The number of ether oxygens (including phenoxy) is 1. The van der Waals surface area contributed by atoms with Gasteiger partial charge in [-0.3, -0.25) is 0 Å². The lowest BCUT2D eigenvalue weighted by Crippen LogP contribution is -1.93. The van der Waals surface area contributed by atoms with Gasteiger partial charge >= 0.3 is 5.97 Å². The molecule has 0 aliphatic rings. The predicted molar refractivity (Wildman–Crippen MR) is 63.6 cm³/mol. The molecule has 0 aliphatic heterocycles. The maximum Gasteiger partial charge on any atom is 0.367 e. The van der Waals surface area contributed by atoms with E-state index in [4.69, 9.17) is 9.84 Å². The molecule has 0 saturated carbocycles. The first-order chi connectivity index (χ1) is 8.11. The Balaban J connectivity index is 2.48. The minimum absolute atomic E-state index is 0.0253. The van der Waals surface area contributed by atoms with Crippen molar-refractivity contribution < 1.29 is 14.6 Å². The Morgan fingerprint density at radius 3 is 2.76 bits per heavy atom. The van der Waals surface area contributed by atoms with Gasteiger partial charge in [0, 0.05) is 0 Å². The van der Waals surface area contributed by atoms with Crippen molar-refractivity contribution in [1.29, 1.82) is 0 Å². The number of nitrogens with zero attached hydrogens (tertiary/aromatic N) is 2. The summed E-state index contributed by atoms with van der Waals surface area (Å²) >= 11 is 1.03. The van der Waals surface area contributed by atoms with Crippen LogP contribution in [0.25, 0.3) is 10.6 Å². The molecule has 1 aromatic heterocycles. The summed E-state index contributed by atoms with van der Waals surface area (Å²) in [6.45, 7) is 1.95. The highest BCUT2D eigenvalue weighted by atomic mass is 32.1. The van der Waals surface area contributed by atoms with Gasteiger partial charge < -0.3 is 9.84 Å². The van der Waals surface area contributed by atoms with Crippen molar-refractivity contribution in [3.05, 3.63) is 28.8 Å². The fourth-order valence-corrected chi connectivity index (χ4v) is 2.11. The molecule has 2 aromatic rings. The molecule has 1 heterocycles. The van der Waals surface area contributed by atoms with E-state index in [9.17, 15) is 4.79 Å². The van der Waals surface area contributed by atoms with Gasteiger partial charge in [-0.2, -0.15) is 0 Å². The van der Waals surface area contributed by atoms with Crippen LogP contribution in [-0.4, -0.2) is 28.4 Å². The highest BCUT2D eigenvalue weighted by Crippen LogP contribution is 2.32. The second-order valence-corrected chi connectivity index (χ2v) is 4.40. The zero-order valence-corrected chi connectivity index (χ0v) is 10.1. The number of rotatable bonds is 3. The quantitative estimate of drug-likeness (QED) is 0.904. The number of carboxylic acid groups (broad SMARTS) is 1. The topological polar surface area (TPSA) is 72.3 Å². The van der Waals surface area contributed by atoms with Crippen molar-refractivity contribution in [2.24, 2.45) is 0 Å². The number of hydrogen-bond donors (Lipinski definition) is 1. The molecule has 0 bridgehead atoms. The van der Waals surface area contributed by atoms with E-state index in [1.165, 1.54) is 0 Å². The third kappa shape index (κ3) is 2.26. The summed E-state index contributed by atoms with van der Waals surface area (Å²) in [4.78, 5) is 10.7. The largest absolute Gasteiger partial charge is 0.496 e. The molecule has 5 nitrogen and oxygen atoms in total. The van der Waals surface area contributed by atoms with E-state index in [1.807, 2.05) is 25.1 Å². The minimum atomic E-state index is -1.07. The van der Waals surface area contributed by atoms with Crippen LogP contribution < -0.4 is 4.74 Å². The summed E-state index contributed by atoms with van der Waals surface area (Å²) in [6, 6.07) is 5.64. The Bertz CT molecular complexity index is 566. The Kier molecular flexibility index (Phi) is 3.06. The number of carboxylic acids is 1. The van der Waals surface area contributed by atoms with E-state index in [-0.39, 0.29) is 5.01 Å². The van der Waals surface area contributed by atoms with E-state index in [0.717, 1.165) is 22.5 Å². The van der Waals surface area contributed by atoms with E-state index in [0.29, 0.717) is 10.8 Å². The van der Waals surface area contributed by atoms with Crippen LogP contribution in [0.1, 0.15) is 15.4 Å². The van der Waals surface area contributed by atoms with Crippen LogP contribution >= 0.6 is 11.3 Å². The van der Waals surface area contributed by atoms with Crippen LogP contribution in [0.2, 0.25) is 0 Å². The molecule has 17 heavy (non-hydrogen) atoms. The Morgan fingerprint density at radius 1 is 1.41 bits per heavy atom. The summed E-state index contributed by atoms with van der Waals surface area (Å²) in [5.41, 5.74) is 1.82. The van der Waals surface area contributed by atoms with Gasteiger partial charge in [0.25, 0.3) is 0 Å². The number of aromatic carboxylic acids is 1. The third-order valence-corrected chi connectivity index (χ3v) is 3.14. The zero-order chi connectivity index (χ0) is 12.4. The average Bonchev–Trinajstić information content (AvgIpc) is 2.78. The van der Waals surface area contributed by atoms with Crippen LogP contribution in [0.5, 0.6) is 5.75 Å². The summed E-state index contributed by atoms with van der Waals surface area (Å²) < 4.78 is 5.24. The minimum Gasteiger partial charge on any atom is -0.496 e. The molecule has 0 spiro atoms. The van der Waals surface area contributed by atoms with Crippen LogP contribution in [0.15, 0.2) is 18.2 Å². The molecule has 0 saturated heterocycles. The van der Waals surface area contributed by atoms with E-state index in [1.54, 1.807) is 7.11 Å². The van der Waals surface area contributed by atoms with Crippen molar-refractivity contribution in [1.82, 2.24) is 10.2 Å². The molecule has 0 fully saturated rings. The number of carbonyl (C=O) groups is 1. The Hall–Kier alpha value is -1.95. The van der Waals surface area contributed by atoms with Crippen LogP contribution in [-0.2, 0) is 0 Å². The lowest BCUT2D eigenvalue weighted by molar-refractivity contribution is 0.0695. The third-order valence-electron chi connectivity index (χ3n) is 2.20. The lowest BCUT2D eigenvalue weighted by Gasteiger charge is -2.05. The lowest BCUT2D eigenvalue weighted by atomic mass is 10.1. The molecule has 88 valence electrons. The number of hydrogen-bond acceptors (Lipinski definition) is 5.